The molecule has 1 fully saturated rings. The molecule has 1 atom stereocenters. The van der Waals surface area contributed by atoms with Crippen molar-refractivity contribution in [2.45, 2.75) is 32.9 Å². The van der Waals surface area contributed by atoms with Gasteiger partial charge in [0.1, 0.15) is 11.6 Å². The Bertz CT molecular complexity index is 970. The molecule has 2 N–H and O–H groups in total. The van der Waals surface area contributed by atoms with Crippen LogP contribution >= 0.6 is 11.3 Å². The largest absolute Gasteiger partial charge is 0.388 e. The molecule has 0 aromatic carbocycles. The number of pyridine rings is 1. The standard InChI is InChI=1S/C19H22N6O3S/c1-12-4-5-13(7-20-12)15-11-29-17(22-15)8-21-18(27)14-3-2-6-25(9-14)19-23-16(10-26)24-28-19/h4-5,7,11,14,26H,2-3,6,8-10H2,1H3,(H,21,27)/t14-/m0/s1. The molecular formula is C19H22N6O3S. The molecule has 3 aromatic heterocycles. The lowest BCUT2D eigenvalue weighted by Gasteiger charge is -2.30. The smallest absolute Gasteiger partial charge is 0.324 e. The van der Waals surface area contributed by atoms with E-state index >= 15 is 0 Å². The van der Waals surface area contributed by atoms with Crippen molar-refractivity contribution in [2.24, 2.45) is 5.92 Å². The third-order valence-corrected chi connectivity index (χ3v) is 5.68. The predicted molar refractivity (Wildman–Crippen MR) is 107 cm³/mol. The van der Waals surface area contributed by atoms with Crippen LogP contribution in [0.5, 0.6) is 0 Å². The highest BCUT2D eigenvalue weighted by Gasteiger charge is 2.28. The van der Waals surface area contributed by atoms with Crippen LogP contribution in [0.3, 0.4) is 0 Å². The van der Waals surface area contributed by atoms with Crippen molar-refractivity contribution in [3.63, 3.8) is 0 Å². The molecule has 0 aliphatic carbocycles. The molecule has 152 valence electrons. The first-order chi connectivity index (χ1) is 14.1. The zero-order chi connectivity index (χ0) is 20.2. The summed E-state index contributed by atoms with van der Waals surface area (Å²) in [4.78, 5) is 27.6. The Morgan fingerprint density at radius 3 is 3.07 bits per heavy atom. The van der Waals surface area contributed by atoms with Crippen molar-refractivity contribution >= 4 is 23.3 Å². The molecule has 0 radical (unpaired) electrons. The number of hydrogen-bond donors (Lipinski definition) is 2. The second-order valence-corrected chi connectivity index (χ2v) is 7.91. The van der Waals surface area contributed by atoms with Crippen molar-refractivity contribution in [3.05, 3.63) is 40.2 Å². The van der Waals surface area contributed by atoms with Gasteiger partial charge in [0.15, 0.2) is 5.82 Å². The van der Waals surface area contributed by atoms with E-state index in [-0.39, 0.29) is 24.3 Å². The molecule has 1 aliphatic heterocycles. The number of anilines is 1. The van der Waals surface area contributed by atoms with Gasteiger partial charge in [-0.15, -0.1) is 11.3 Å². The number of thiazole rings is 1. The number of hydrogen-bond acceptors (Lipinski definition) is 9. The van der Waals surface area contributed by atoms with Gasteiger partial charge in [0, 0.05) is 35.9 Å². The van der Waals surface area contributed by atoms with Crippen LogP contribution < -0.4 is 10.2 Å². The summed E-state index contributed by atoms with van der Waals surface area (Å²) in [6, 6.07) is 4.30. The molecule has 10 heteroatoms. The monoisotopic (exact) mass is 414 g/mol. The van der Waals surface area contributed by atoms with E-state index in [1.54, 1.807) is 0 Å². The molecule has 4 heterocycles. The third-order valence-electron chi connectivity index (χ3n) is 4.83. The van der Waals surface area contributed by atoms with Gasteiger partial charge in [-0.2, -0.15) is 4.98 Å². The Morgan fingerprint density at radius 1 is 1.41 bits per heavy atom. The van der Waals surface area contributed by atoms with Crippen molar-refractivity contribution in [2.75, 3.05) is 18.0 Å². The van der Waals surface area contributed by atoms with Crippen LogP contribution in [0.15, 0.2) is 28.2 Å². The minimum Gasteiger partial charge on any atom is -0.388 e. The van der Waals surface area contributed by atoms with Crippen LogP contribution in [-0.4, -0.2) is 44.2 Å². The topological polar surface area (TPSA) is 117 Å². The van der Waals surface area contributed by atoms with Gasteiger partial charge in [-0.25, -0.2) is 4.98 Å². The van der Waals surface area contributed by atoms with Crippen LogP contribution in [-0.2, 0) is 17.9 Å². The molecule has 1 saturated heterocycles. The maximum absolute atomic E-state index is 12.6. The van der Waals surface area contributed by atoms with E-state index in [0.29, 0.717) is 19.1 Å². The van der Waals surface area contributed by atoms with Crippen LogP contribution in [0.1, 0.15) is 29.4 Å². The lowest BCUT2D eigenvalue weighted by molar-refractivity contribution is -0.125. The summed E-state index contributed by atoms with van der Waals surface area (Å²) < 4.78 is 5.16. The van der Waals surface area contributed by atoms with Gasteiger partial charge in [-0.3, -0.25) is 9.78 Å². The average molecular weight is 414 g/mol. The van der Waals surface area contributed by atoms with Crippen LogP contribution in [0.25, 0.3) is 11.3 Å². The Kier molecular flexibility index (Phi) is 5.81. The highest BCUT2D eigenvalue weighted by atomic mass is 32.1. The van der Waals surface area contributed by atoms with Gasteiger partial charge in [0.2, 0.25) is 5.91 Å². The number of aromatic nitrogens is 4. The first-order valence-corrected chi connectivity index (χ1v) is 10.3. The number of amides is 1. The molecule has 0 saturated carbocycles. The fraction of sp³-hybridized carbons (Fsp3) is 0.421. The predicted octanol–water partition coefficient (Wildman–Crippen LogP) is 1.92. The summed E-state index contributed by atoms with van der Waals surface area (Å²) in [5.74, 6) is 0.0780. The Labute approximate surface area is 171 Å². The van der Waals surface area contributed by atoms with E-state index in [2.05, 4.69) is 25.4 Å². The summed E-state index contributed by atoms with van der Waals surface area (Å²) in [6.07, 6.45) is 3.47. The molecule has 9 nitrogen and oxygen atoms in total. The van der Waals surface area contributed by atoms with E-state index < -0.39 is 0 Å². The zero-order valence-electron chi connectivity index (χ0n) is 16.0. The molecule has 0 spiro atoms. The Morgan fingerprint density at radius 2 is 2.31 bits per heavy atom. The lowest BCUT2D eigenvalue weighted by Crippen LogP contribution is -2.43. The number of rotatable bonds is 6. The molecule has 1 aliphatic rings. The van der Waals surface area contributed by atoms with Crippen molar-refractivity contribution in [1.29, 1.82) is 0 Å². The van der Waals surface area contributed by atoms with E-state index in [1.165, 1.54) is 11.3 Å². The third kappa shape index (κ3) is 4.60. The second kappa shape index (κ2) is 8.66. The SMILES string of the molecule is Cc1ccc(-c2csc(CNC(=O)[C@H]3CCCN(c4nc(CO)no4)C3)n2)cn1. The number of carbonyl (C=O) groups is 1. The maximum Gasteiger partial charge on any atom is 0.324 e. The fourth-order valence-corrected chi connectivity index (χ4v) is 4.00. The number of nitrogens with zero attached hydrogens (tertiary/aromatic N) is 5. The maximum atomic E-state index is 12.6. The quantitative estimate of drug-likeness (QED) is 0.628. The van der Waals surface area contributed by atoms with Gasteiger partial charge < -0.3 is 19.8 Å². The highest BCUT2D eigenvalue weighted by Crippen LogP contribution is 2.23. The van der Waals surface area contributed by atoms with E-state index in [1.807, 2.05) is 35.5 Å². The molecule has 0 bridgehead atoms. The van der Waals surface area contributed by atoms with Crippen molar-refractivity contribution < 1.29 is 14.4 Å². The van der Waals surface area contributed by atoms with Crippen LogP contribution in [0, 0.1) is 12.8 Å². The van der Waals surface area contributed by atoms with Gasteiger partial charge in [0.25, 0.3) is 0 Å². The summed E-state index contributed by atoms with van der Waals surface area (Å²) in [6.45, 7) is 3.33. The van der Waals surface area contributed by atoms with Crippen molar-refractivity contribution in [1.82, 2.24) is 25.4 Å². The van der Waals surface area contributed by atoms with Gasteiger partial charge in [-0.1, -0.05) is 5.16 Å². The summed E-state index contributed by atoms with van der Waals surface area (Å²) in [5.41, 5.74) is 2.80. The second-order valence-electron chi connectivity index (χ2n) is 6.97. The van der Waals surface area contributed by atoms with E-state index in [4.69, 9.17) is 9.63 Å². The molecule has 29 heavy (non-hydrogen) atoms. The number of aliphatic hydroxyl groups excluding tert-OH is 1. The van der Waals surface area contributed by atoms with Gasteiger partial charge in [0.05, 0.1) is 18.2 Å². The van der Waals surface area contributed by atoms with Gasteiger partial charge in [-0.05, 0) is 31.9 Å². The molecule has 0 unspecified atom stereocenters. The summed E-state index contributed by atoms with van der Waals surface area (Å²) in [5, 5.41) is 18.6. The molecular weight excluding hydrogens is 392 g/mol. The first kappa shape index (κ1) is 19.5. The number of aliphatic hydroxyl groups is 1. The van der Waals surface area contributed by atoms with Crippen LogP contribution in [0.4, 0.5) is 6.01 Å². The van der Waals surface area contributed by atoms with E-state index in [0.717, 1.165) is 41.3 Å². The van der Waals surface area contributed by atoms with Crippen molar-refractivity contribution in [3.8, 4) is 11.3 Å². The number of piperidine rings is 1. The Balaban J connectivity index is 1.33. The Hall–Kier alpha value is -2.85. The minimum atomic E-state index is -0.268. The van der Waals surface area contributed by atoms with Crippen LogP contribution in [0.2, 0.25) is 0 Å². The fourth-order valence-electron chi connectivity index (χ4n) is 3.25. The lowest BCUT2D eigenvalue weighted by atomic mass is 9.97. The number of nitrogens with one attached hydrogen (secondary N) is 1. The molecule has 1 amide bonds. The summed E-state index contributed by atoms with van der Waals surface area (Å²) in [7, 11) is 0. The number of aryl methyl sites for hydroxylation is 1. The highest BCUT2D eigenvalue weighted by molar-refractivity contribution is 7.09. The average Bonchev–Trinajstić information content (AvgIpc) is 3.42. The number of carbonyl (C=O) groups excluding carboxylic acids is 1. The molecule has 3 aromatic rings. The van der Waals surface area contributed by atoms with Gasteiger partial charge >= 0.3 is 6.01 Å². The normalized spacial score (nSPS) is 16.8. The molecule has 4 rings (SSSR count). The van der Waals surface area contributed by atoms with E-state index in [9.17, 15) is 4.79 Å². The minimum absolute atomic E-state index is 0.00894. The zero-order valence-corrected chi connectivity index (χ0v) is 16.9. The summed E-state index contributed by atoms with van der Waals surface area (Å²) >= 11 is 1.52. The first-order valence-electron chi connectivity index (χ1n) is 9.46.